The number of aromatic nitrogens is 3. The van der Waals surface area contributed by atoms with Crippen LogP contribution in [0.25, 0.3) is 0 Å². The van der Waals surface area contributed by atoms with Gasteiger partial charge in [0.05, 0.1) is 13.7 Å². The Balaban J connectivity index is 1.92. The van der Waals surface area contributed by atoms with Crippen molar-refractivity contribution in [2.24, 2.45) is 5.73 Å². The van der Waals surface area contributed by atoms with Gasteiger partial charge in [-0.15, -0.1) is 0 Å². The molecule has 0 bridgehead atoms. The molecule has 0 spiro atoms. The Bertz CT molecular complexity index is 464. The van der Waals surface area contributed by atoms with E-state index in [-0.39, 0.29) is 0 Å². The number of aromatic amines is 1. The first-order chi connectivity index (χ1) is 8.31. The highest BCUT2D eigenvalue weighted by Gasteiger charge is 2.02. The summed E-state index contributed by atoms with van der Waals surface area (Å²) in [5.74, 6) is 2.41. The highest BCUT2D eigenvalue weighted by molar-refractivity contribution is 5.27. The standard InChI is InChI=1S/C12H16N4O/c1-17-10-5-2-9(3-6-10)4-7-11-14-12(8-13)16-15-11/h2-3,5-6H,4,7-8,13H2,1H3,(H,14,15,16). The molecule has 5 nitrogen and oxygen atoms in total. The summed E-state index contributed by atoms with van der Waals surface area (Å²) >= 11 is 0. The Morgan fingerprint density at radius 2 is 2.00 bits per heavy atom. The first-order valence-electron chi connectivity index (χ1n) is 5.55. The van der Waals surface area contributed by atoms with Crippen LogP contribution < -0.4 is 10.5 Å². The molecule has 0 atom stereocenters. The molecule has 3 N–H and O–H groups in total. The molecule has 0 aliphatic heterocycles. The number of aryl methyl sites for hydroxylation is 2. The maximum Gasteiger partial charge on any atom is 0.151 e. The van der Waals surface area contributed by atoms with Crippen LogP contribution in [-0.2, 0) is 19.4 Å². The number of nitrogens with one attached hydrogen (secondary N) is 1. The Morgan fingerprint density at radius 3 is 2.59 bits per heavy atom. The van der Waals surface area contributed by atoms with Gasteiger partial charge in [-0.1, -0.05) is 12.1 Å². The van der Waals surface area contributed by atoms with Gasteiger partial charge >= 0.3 is 0 Å². The van der Waals surface area contributed by atoms with Crippen LogP contribution in [0.1, 0.15) is 17.2 Å². The first-order valence-corrected chi connectivity index (χ1v) is 5.55. The second-order valence-corrected chi connectivity index (χ2v) is 3.75. The molecule has 0 amide bonds. The zero-order valence-electron chi connectivity index (χ0n) is 9.81. The van der Waals surface area contributed by atoms with E-state index in [4.69, 9.17) is 10.5 Å². The van der Waals surface area contributed by atoms with Gasteiger partial charge in [0.2, 0.25) is 0 Å². The van der Waals surface area contributed by atoms with Gasteiger partial charge in [0, 0.05) is 6.42 Å². The first kappa shape index (κ1) is 11.6. The van der Waals surface area contributed by atoms with Crippen LogP contribution in [0.5, 0.6) is 5.75 Å². The number of nitrogens with two attached hydrogens (primary N) is 1. The quantitative estimate of drug-likeness (QED) is 0.808. The monoisotopic (exact) mass is 232 g/mol. The molecule has 0 saturated carbocycles. The Hall–Kier alpha value is -1.88. The summed E-state index contributed by atoms with van der Waals surface area (Å²) in [5, 5.41) is 6.90. The predicted octanol–water partition coefficient (Wildman–Crippen LogP) is 1.06. The van der Waals surface area contributed by atoms with Crippen LogP contribution in [0, 0.1) is 0 Å². The number of methoxy groups -OCH3 is 1. The summed E-state index contributed by atoms with van der Waals surface area (Å²) in [4.78, 5) is 4.26. The van der Waals surface area contributed by atoms with Gasteiger partial charge in [-0.25, -0.2) is 4.98 Å². The molecule has 0 aliphatic carbocycles. The maximum atomic E-state index is 5.45. The zero-order chi connectivity index (χ0) is 12.1. The molecule has 0 radical (unpaired) electrons. The second-order valence-electron chi connectivity index (χ2n) is 3.75. The third-order valence-corrected chi connectivity index (χ3v) is 2.57. The predicted molar refractivity (Wildman–Crippen MR) is 64.7 cm³/mol. The van der Waals surface area contributed by atoms with Gasteiger partial charge in [0.15, 0.2) is 5.82 Å². The largest absolute Gasteiger partial charge is 0.497 e. The fraction of sp³-hybridized carbons (Fsp3) is 0.333. The highest BCUT2D eigenvalue weighted by atomic mass is 16.5. The lowest BCUT2D eigenvalue weighted by Gasteiger charge is -2.01. The molecule has 0 unspecified atom stereocenters. The molecule has 0 saturated heterocycles. The number of rotatable bonds is 5. The van der Waals surface area contributed by atoms with Crippen molar-refractivity contribution in [2.45, 2.75) is 19.4 Å². The minimum absolute atomic E-state index is 0.398. The van der Waals surface area contributed by atoms with Crippen LogP contribution >= 0.6 is 0 Å². The SMILES string of the molecule is COc1ccc(CCc2n[nH]c(CN)n2)cc1. The Kier molecular flexibility index (Phi) is 3.72. The van der Waals surface area contributed by atoms with E-state index >= 15 is 0 Å². The number of benzene rings is 1. The van der Waals surface area contributed by atoms with E-state index in [0.29, 0.717) is 6.54 Å². The molecule has 90 valence electrons. The van der Waals surface area contributed by atoms with E-state index in [2.05, 4.69) is 27.3 Å². The topological polar surface area (TPSA) is 76.8 Å². The Morgan fingerprint density at radius 1 is 1.24 bits per heavy atom. The third-order valence-electron chi connectivity index (χ3n) is 2.57. The molecule has 2 rings (SSSR count). The molecule has 5 heteroatoms. The number of hydrogen-bond acceptors (Lipinski definition) is 4. The molecular formula is C12H16N4O. The lowest BCUT2D eigenvalue weighted by atomic mass is 10.1. The van der Waals surface area contributed by atoms with E-state index in [0.717, 1.165) is 30.2 Å². The fourth-order valence-corrected chi connectivity index (χ4v) is 1.59. The van der Waals surface area contributed by atoms with Crippen molar-refractivity contribution in [3.8, 4) is 5.75 Å². The summed E-state index contributed by atoms with van der Waals surface area (Å²) in [5.41, 5.74) is 6.70. The third kappa shape index (κ3) is 3.04. The normalized spacial score (nSPS) is 10.5. The van der Waals surface area contributed by atoms with E-state index < -0.39 is 0 Å². The average molecular weight is 232 g/mol. The van der Waals surface area contributed by atoms with Crippen molar-refractivity contribution in [1.29, 1.82) is 0 Å². The van der Waals surface area contributed by atoms with Crippen LogP contribution in [0.2, 0.25) is 0 Å². The van der Waals surface area contributed by atoms with E-state index in [1.165, 1.54) is 5.56 Å². The minimum Gasteiger partial charge on any atom is -0.497 e. The van der Waals surface area contributed by atoms with Crippen molar-refractivity contribution in [2.75, 3.05) is 7.11 Å². The van der Waals surface area contributed by atoms with E-state index in [1.54, 1.807) is 7.11 Å². The van der Waals surface area contributed by atoms with Gasteiger partial charge in [-0.3, -0.25) is 5.10 Å². The van der Waals surface area contributed by atoms with Crippen molar-refractivity contribution in [3.05, 3.63) is 41.5 Å². The smallest absolute Gasteiger partial charge is 0.151 e. The van der Waals surface area contributed by atoms with E-state index in [9.17, 15) is 0 Å². The summed E-state index contributed by atoms with van der Waals surface area (Å²) < 4.78 is 5.11. The van der Waals surface area contributed by atoms with Crippen LogP contribution in [0.4, 0.5) is 0 Å². The molecular weight excluding hydrogens is 216 g/mol. The summed E-state index contributed by atoms with van der Waals surface area (Å²) in [6, 6.07) is 8.02. The molecule has 1 aromatic carbocycles. The lowest BCUT2D eigenvalue weighted by Crippen LogP contribution is -1.98. The van der Waals surface area contributed by atoms with Gasteiger partial charge in [-0.05, 0) is 24.1 Å². The molecule has 0 aliphatic rings. The number of nitrogens with zero attached hydrogens (tertiary/aromatic N) is 2. The van der Waals surface area contributed by atoms with E-state index in [1.807, 2.05) is 12.1 Å². The molecule has 1 aromatic heterocycles. The number of ether oxygens (including phenoxy) is 1. The van der Waals surface area contributed by atoms with Crippen molar-refractivity contribution >= 4 is 0 Å². The summed E-state index contributed by atoms with van der Waals surface area (Å²) in [7, 11) is 1.66. The Labute approximate surface area is 100 Å². The van der Waals surface area contributed by atoms with Gasteiger partial charge in [0.1, 0.15) is 11.6 Å². The van der Waals surface area contributed by atoms with Gasteiger partial charge < -0.3 is 10.5 Å². The van der Waals surface area contributed by atoms with Crippen molar-refractivity contribution in [3.63, 3.8) is 0 Å². The molecule has 1 heterocycles. The van der Waals surface area contributed by atoms with Crippen LogP contribution in [-0.4, -0.2) is 22.3 Å². The van der Waals surface area contributed by atoms with Crippen molar-refractivity contribution < 1.29 is 4.74 Å². The number of hydrogen-bond donors (Lipinski definition) is 2. The lowest BCUT2D eigenvalue weighted by molar-refractivity contribution is 0.414. The second kappa shape index (κ2) is 5.45. The van der Waals surface area contributed by atoms with Crippen LogP contribution in [0.15, 0.2) is 24.3 Å². The van der Waals surface area contributed by atoms with Gasteiger partial charge in [0.25, 0.3) is 0 Å². The molecule has 0 fully saturated rings. The zero-order valence-corrected chi connectivity index (χ0v) is 9.81. The van der Waals surface area contributed by atoms with Crippen LogP contribution in [0.3, 0.4) is 0 Å². The van der Waals surface area contributed by atoms with Gasteiger partial charge in [-0.2, -0.15) is 5.10 Å². The highest BCUT2D eigenvalue weighted by Crippen LogP contribution is 2.12. The fourth-order valence-electron chi connectivity index (χ4n) is 1.59. The average Bonchev–Trinajstić information content (AvgIpc) is 2.85. The van der Waals surface area contributed by atoms with Crippen molar-refractivity contribution in [1.82, 2.24) is 15.2 Å². The summed E-state index contributed by atoms with van der Waals surface area (Å²) in [6.07, 6.45) is 1.72. The number of H-pyrrole nitrogens is 1. The molecule has 17 heavy (non-hydrogen) atoms. The summed E-state index contributed by atoms with van der Waals surface area (Å²) in [6.45, 7) is 0.398. The molecule has 2 aromatic rings. The maximum absolute atomic E-state index is 5.45. The minimum atomic E-state index is 0.398.